The molecule has 2 aromatic heterocycles. The zero-order valence-electron chi connectivity index (χ0n) is 41.9. The fourth-order valence-corrected chi connectivity index (χ4v) is 14.5. The van der Waals surface area contributed by atoms with Crippen molar-refractivity contribution in [2.45, 2.75) is 10.8 Å². The first-order valence-corrected chi connectivity index (χ1v) is 26.7. The summed E-state index contributed by atoms with van der Waals surface area (Å²) in [7, 11) is 0. The van der Waals surface area contributed by atoms with E-state index < -0.39 is 10.8 Å². The molecular formula is C74H46N2O. The van der Waals surface area contributed by atoms with Gasteiger partial charge in [-0.15, -0.1) is 0 Å². The zero-order chi connectivity index (χ0) is 50.4. The quantitative estimate of drug-likeness (QED) is 0.166. The summed E-state index contributed by atoms with van der Waals surface area (Å²) in [5.74, 6) is 0. The Kier molecular flexibility index (Phi) is 8.69. The van der Waals surface area contributed by atoms with E-state index in [1.54, 1.807) is 0 Å². The minimum Gasteiger partial charge on any atom is -0.455 e. The normalized spacial score (nSPS) is 13.9. The third kappa shape index (κ3) is 5.49. The highest BCUT2D eigenvalue weighted by Gasteiger charge is 2.51. The van der Waals surface area contributed by atoms with Crippen LogP contribution in [-0.2, 0) is 10.8 Å². The number of fused-ring (bicyclic) bond motifs is 18. The molecule has 358 valence electrons. The van der Waals surface area contributed by atoms with Crippen molar-refractivity contribution in [2.24, 2.45) is 0 Å². The first-order valence-electron chi connectivity index (χ1n) is 26.7. The number of nitrogens with zero attached hydrogens (tertiary/aromatic N) is 2. The number of hydrogen-bond donors (Lipinski definition) is 0. The molecule has 3 heterocycles. The van der Waals surface area contributed by atoms with E-state index in [0.29, 0.717) is 0 Å². The zero-order valence-corrected chi connectivity index (χ0v) is 41.9. The van der Waals surface area contributed by atoms with Crippen LogP contribution in [0.1, 0.15) is 44.5 Å². The summed E-state index contributed by atoms with van der Waals surface area (Å²) in [5, 5.41) is 4.76. The van der Waals surface area contributed by atoms with Gasteiger partial charge < -0.3 is 13.9 Å². The van der Waals surface area contributed by atoms with Gasteiger partial charge in [0.05, 0.1) is 33.2 Å². The molecule has 0 fully saturated rings. The van der Waals surface area contributed by atoms with Gasteiger partial charge in [0.15, 0.2) is 0 Å². The largest absolute Gasteiger partial charge is 0.455 e. The molecule has 0 N–H and O–H groups in total. The molecule has 17 rings (SSSR count). The molecule has 3 aliphatic rings. The van der Waals surface area contributed by atoms with E-state index in [0.717, 1.165) is 50.1 Å². The molecule has 0 unspecified atom stereocenters. The number of rotatable bonds is 6. The van der Waals surface area contributed by atoms with E-state index in [1.807, 2.05) is 6.07 Å². The van der Waals surface area contributed by atoms with Gasteiger partial charge in [-0.1, -0.05) is 237 Å². The molecule has 77 heavy (non-hydrogen) atoms. The highest BCUT2D eigenvalue weighted by Crippen LogP contribution is 2.63. The van der Waals surface area contributed by atoms with Crippen LogP contribution in [-0.4, -0.2) is 4.57 Å². The first-order chi connectivity index (χ1) is 38.2. The van der Waals surface area contributed by atoms with Crippen LogP contribution in [0.5, 0.6) is 0 Å². The van der Waals surface area contributed by atoms with Crippen molar-refractivity contribution in [3.63, 3.8) is 0 Å². The van der Waals surface area contributed by atoms with Gasteiger partial charge in [-0.25, -0.2) is 0 Å². The Bertz CT molecular complexity index is 4670. The Morgan fingerprint density at radius 1 is 0.338 bits per heavy atom. The van der Waals surface area contributed by atoms with Crippen LogP contribution >= 0.6 is 0 Å². The van der Waals surface area contributed by atoms with Crippen molar-refractivity contribution in [1.82, 2.24) is 4.57 Å². The second-order valence-electron chi connectivity index (χ2n) is 21.0. The van der Waals surface area contributed by atoms with E-state index >= 15 is 0 Å². The second kappa shape index (κ2) is 15.8. The molecule has 0 radical (unpaired) electrons. The van der Waals surface area contributed by atoms with Crippen LogP contribution in [0.3, 0.4) is 0 Å². The predicted octanol–water partition coefficient (Wildman–Crippen LogP) is 18.9. The molecule has 1 spiro atoms. The van der Waals surface area contributed by atoms with Gasteiger partial charge in [0.1, 0.15) is 11.2 Å². The van der Waals surface area contributed by atoms with Crippen LogP contribution in [0, 0.1) is 0 Å². The Balaban J connectivity index is 0.963. The van der Waals surface area contributed by atoms with Crippen LogP contribution in [0.25, 0.3) is 82.8 Å². The fraction of sp³-hybridized carbons (Fsp3) is 0.0270. The molecule has 14 aromatic rings. The third-order valence-corrected chi connectivity index (χ3v) is 17.5. The Morgan fingerprint density at radius 3 is 1.61 bits per heavy atom. The highest BCUT2D eigenvalue weighted by atomic mass is 16.3. The van der Waals surface area contributed by atoms with Crippen molar-refractivity contribution in [3.05, 3.63) is 324 Å². The lowest BCUT2D eigenvalue weighted by atomic mass is 9.65. The van der Waals surface area contributed by atoms with Gasteiger partial charge in [-0.3, -0.25) is 0 Å². The summed E-state index contributed by atoms with van der Waals surface area (Å²) in [5.41, 5.74) is 25.0. The standard InChI is InChI=1S/C74H46N2O/c1-3-20-48(21-4-1)73(49-22-5-2-6-23-49)62-34-14-9-28-59(62)70-64(73)35-19-38-67(70)75(50-42-40-47(41-43-50)52-29-17-31-58-56-27-11-16-39-69(56)77-72(52)58)51-44-45-63-68(46-51)76-66-37-15-10-26-55(66)57-30-18-36-65(71(57)76)74(63)60-32-12-7-24-53(60)54-25-8-13-33-61(54)74/h1-46H. The number of benzene rings is 12. The average molecular weight is 979 g/mol. The number of para-hydroxylation sites is 4. The average Bonchev–Trinajstić information content (AvgIpc) is 3.87. The van der Waals surface area contributed by atoms with E-state index in [9.17, 15) is 0 Å². The van der Waals surface area contributed by atoms with Gasteiger partial charge in [-0.2, -0.15) is 0 Å². The van der Waals surface area contributed by atoms with E-state index in [-0.39, 0.29) is 0 Å². The lowest BCUT2D eigenvalue weighted by Gasteiger charge is -2.40. The summed E-state index contributed by atoms with van der Waals surface area (Å²) < 4.78 is 9.20. The smallest absolute Gasteiger partial charge is 0.143 e. The number of furan rings is 1. The lowest BCUT2D eigenvalue weighted by molar-refractivity contribution is 0.670. The van der Waals surface area contributed by atoms with Crippen molar-refractivity contribution in [3.8, 4) is 39.1 Å². The molecule has 0 bridgehead atoms. The number of anilines is 3. The first kappa shape index (κ1) is 42.4. The van der Waals surface area contributed by atoms with Gasteiger partial charge in [0, 0.05) is 44.0 Å². The Labute approximate surface area is 445 Å². The SMILES string of the molecule is c1ccc(C2(c3ccccc3)c3ccccc3-c3c(N(c4ccc(-c5cccc6c5oc5ccccc56)cc4)c4ccc5c(c4)-n4c6ccccc6c6cccc(c64)C54c5ccccc5-c5ccccc54)cccc32)cc1. The van der Waals surface area contributed by atoms with Crippen LogP contribution in [0.15, 0.2) is 283 Å². The summed E-state index contributed by atoms with van der Waals surface area (Å²) in [4.78, 5) is 2.53. The molecule has 0 saturated heterocycles. The van der Waals surface area contributed by atoms with Crippen molar-refractivity contribution in [2.75, 3.05) is 4.90 Å². The van der Waals surface area contributed by atoms with Crippen LogP contribution in [0.2, 0.25) is 0 Å². The molecule has 3 nitrogen and oxygen atoms in total. The summed E-state index contributed by atoms with van der Waals surface area (Å²) in [6.45, 7) is 0. The monoisotopic (exact) mass is 978 g/mol. The topological polar surface area (TPSA) is 21.3 Å². The van der Waals surface area contributed by atoms with Crippen LogP contribution < -0.4 is 4.90 Å². The summed E-state index contributed by atoms with van der Waals surface area (Å²) >= 11 is 0. The maximum absolute atomic E-state index is 6.63. The van der Waals surface area contributed by atoms with Crippen molar-refractivity contribution in [1.29, 1.82) is 0 Å². The molecule has 3 heteroatoms. The molecule has 12 aromatic carbocycles. The number of aromatic nitrogens is 1. The van der Waals surface area contributed by atoms with E-state index in [4.69, 9.17) is 4.42 Å². The van der Waals surface area contributed by atoms with Crippen LogP contribution in [0.4, 0.5) is 17.1 Å². The Morgan fingerprint density at radius 2 is 0.870 bits per heavy atom. The predicted molar refractivity (Wildman–Crippen MR) is 316 cm³/mol. The Hall–Kier alpha value is -9.96. The fourth-order valence-electron chi connectivity index (χ4n) is 14.5. The van der Waals surface area contributed by atoms with Gasteiger partial charge >= 0.3 is 0 Å². The van der Waals surface area contributed by atoms with E-state index in [1.165, 1.54) is 94.3 Å². The van der Waals surface area contributed by atoms with Gasteiger partial charge in [-0.05, 0) is 109 Å². The molecule has 0 atom stereocenters. The van der Waals surface area contributed by atoms with Gasteiger partial charge in [0.25, 0.3) is 0 Å². The highest BCUT2D eigenvalue weighted by molar-refractivity contribution is 6.13. The minimum absolute atomic E-state index is 0.563. The molecule has 2 aliphatic carbocycles. The third-order valence-electron chi connectivity index (χ3n) is 17.5. The van der Waals surface area contributed by atoms with Crippen molar-refractivity contribution < 1.29 is 4.42 Å². The minimum atomic E-state index is -0.573. The molecular weight excluding hydrogens is 933 g/mol. The summed E-state index contributed by atoms with van der Waals surface area (Å²) in [6, 6.07) is 104. The maximum Gasteiger partial charge on any atom is 0.143 e. The lowest BCUT2D eigenvalue weighted by Crippen LogP contribution is -2.33. The van der Waals surface area contributed by atoms with Crippen molar-refractivity contribution >= 4 is 60.8 Å². The van der Waals surface area contributed by atoms with Gasteiger partial charge in [0.2, 0.25) is 0 Å². The summed E-state index contributed by atoms with van der Waals surface area (Å²) in [6.07, 6.45) is 0. The molecule has 1 aliphatic heterocycles. The number of hydrogen-bond acceptors (Lipinski definition) is 2. The van der Waals surface area contributed by atoms with E-state index in [2.05, 4.69) is 282 Å². The molecule has 0 amide bonds. The second-order valence-corrected chi connectivity index (χ2v) is 21.0. The maximum atomic E-state index is 6.63. The molecule has 0 saturated carbocycles.